The third-order valence-corrected chi connectivity index (χ3v) is 5.12. The molecular formula is C20F11. The highest BCUT2D eigenvalue weighted by Crippen LogP contribution is 2.47. The van der Waals surface area contributed by atoms with Gasteiger partial charge in [0.1, 0.15) is 0 Å². The maximum absolute atomic E-state index is 14.7. The van der Waals surface area contributed by atoms with Gasteiger partial charge < -0.3 is 0 Å². The van der Waals surface area contributed by atoms with Gasteiger partial charge in [0.25, 0.3) is 0 Å². The molecule has 0 aromatic heterocycles. The first kappa shape index (κ1) is 19.6. The van der Waals surface area contributed by atoms with Gasteiger partial charge in [-0.3, -0.25) is 0 Å². The third kappa shape index (κ3) is 2.06. The lowest BCUT2D eigenvalue weighted by molar-refractivity contribution is 0.441. The van der Waals surface area contributed by atoms with Crippen LogP contribution in [0, 0.1) is 70.1 Å². The predicted molar refractivity (Wildman–Crippen MR) is 86.0 cm³/mol. The van der Waals surface area contributed by atoms with Crippen molar-refractivity contribution in [2.24, 2.45) is 0 Å². The molecule has 0 spiro atoms. The van der Waals surface area contributed by atoms with Gasteiger partial charge >= 0.3 is 0 Å². The smallest absolute Gasteiger partial charge is 0.195 e. The zero-order valence-corrected chi connectivity index (χ0v) is 14.2. The van der Waals surface area contributed by atoms with Crippen LogP contribution in [0.2, 0.25) is 0 Å². The monoisotopic (exact) mass is 449 g/mol. The fourth-order valence-electron chi connectivity index (χ4n) is 3.89. The largest absolute Gasteiger partial charge is 0.203 e. The summed E-state index contributed by atoms with van der Waals surface area (Å²) in [6, 6.07) is 1.51. The molecule has 0 aliphatic rings. The molecule has 0 saturated carbocycles. The predicted octanol–water partition coefficient (Wildman–Crippen LogP) is 7.07. The van der Waals surface area contributed by atoms with Crippen LogP contribution in [0.4, 0.5) is 48.3 Å². The van der Waals surface area contributed by atoms with Gasteiger partial charge in [-0.05, 0) is 0 Å². The molecule has 0 fully saturated rings. The average Bonchev–Trinajstić information content (AvgIpc) is 2.73. The first-order valence-corrected chi connectivity index (χ1v) is 8.08. The minimum absolute atomic E-state index is 1.18. The van der Waals surface area contributed by atoms with Crippen LogP contribution in [0.15, 0.2) is 0 Å². The van der Waals surface area contributed by atoms with Crippen LogP contribution in [0.5, 0.6) is 0 Å². The summed E-state index contributed by atoms with van der Waals surface area (Å²) in [5, 5.41) is -11.5. The lowest BCUT2D eigenvalue weighted by Crippen LogP contribution is -2.07. The van der Waals surface area contributed by atoms with E-state index in [9.17, 15) is 48.3 Å². The molecule has 0 atom stereocenters. The maximum Gasteiger partial charge on any atom is 0.195 e. The van der Waals surface area contributed by atoms with E-state index in [0.717, 1.165) is 0 Å². The topological polar surface area (TPSA) is 0 Å². The Bertz CT molecular complexity index is 1630. The highest BCUT2D eigenvalue weighted by atomic mass is 19.2. The van der Waals surface area contributed by atoms with Crippen LogP contribution < -0.4 is 0 Å². The molecule has 5 aromatic rings. The van der Waals surface area contributed by atoms with Crippen molar-refractivity contribution in [3.63, 3.8) is 0 Å². The summed E-state index contributed by atoms with van der Waals surface area (Å²) in [4.78, 5) is 0. The molecule has 0 amide bonds. The fourth-order valence-corrected chi connectivity index (χ4v) is 3.89. The molecule has 31 heavy (non-hydrogen) atoms. The summed E-state index contributed by atoms with van der Waals surface area (Å²) in [5.41, 5.74) is 0. The van der Waals surface area contributed by atoms with E-state index in [-0.39, 0.29) is 0 Å². The van der Waals surface area contributed by atoms with E-state index in [0.29, 0.717) is 0 Å². The molecule has 0 aliphatic carbocycles. The van der Waals surface area contributed by atoms with Crippen LogP contribution in [0.3, 0.4) is 0 Å². The SMILES string of the molecule is Fc1[c]c2c3c(F)c(F)c(F)c4c(F)c(F)c(F)c(c5c(F)c(F)c(F)c(c1F)c25)c43. The molecule has 0 nitrogen and oxygen atoms in total. The molecule has 0 bridgehead atoms. The Morgan fingerprint density at radius 3 is 1.13 bits per heavy atom. The van der Waals surface area contributed by atoms with Gasteiger partial charge in [-0.25, -0.2) is 48.3 Å². The number of hydrogen-bond acceptors (Lipinski definition) is 0. The zero-order valence-electron chi connectivity index (χ0n) is 14.2. The van der Waals surface area contributed by atoms with Gasteiger partial charge in [0.2, 0.25) is 0 Å². The van der Waals surface area contributed by atoms with E-state index < -0.39 is 107 Å². The molecule has 11 heteroatoms. The van der Waals surface area contributed by atoms with E-state index in [1.165, 1.54) is 6.07 Å². The summed E-state index contributed by atoms with van der Waals surface area (Å²) in [6.45, 7) is 0. The second-order valence-corrected chi connectivity index (χ2v) is 6.58. The van der Waals surface area contributed by atoms with Crippen molar-refractivity contribution in [1.29, 1.82) is 0 Å². The number of hydrogen-bond donors (Lipinski definition) is 0. The van der Waals surface area contributed by atoms with Crippen molar-refractivity contribution in [1.82, 2.24) is 0 Å². The Morgan fingerprint density at radius 1 is 0.290 bits per heavy atom. The first-order chi connectivity index (χ1) is 14.5. The van der Waals surface area contributed by atoms with E-state index in [1.54, 1.807) is 0 Å². The Labute approximate surface area is 162 Å². The number of rotatable bonds is 0. The standard InChI is InChI=1S/C20F11/c21-3-1-2-4-7(13(24)19(30)15(26)9(4)11(3)22)8-6-5(2)12(23)18(29)16(27)10(6)17(28)20(31)14(8)25. The minimum Gasteiger partial charge on any atom is -0.203 e. The average molecular weight is 449 g/mol. The zero-order chi connectivity index (χ0) is 22.7. The lowest BCUT2D eigenvalue weighted by atomic mass is 9.87. The second kappa shape index (κ2) is 5.86. The van der Waals surface area contributed by atoms with Crippen LogP contribution in [0.25, 0.3) is 43.1 Å². The fraction of sp³-hybridized carbons (Fsp3) is 0. The summed E-state index contributed by atoms with van der Waals surface area (Å²) in [6.07, 6.45) is 0. The number of fused-ring (bicyclic) bond motifs is 2. The van der Waals surface area contributed by atoms with Crippen molar-refractivity contribution >= 4 is 43.1 Å². The molecule has 0 heterocycles. The summed E-state index contributed by atoms with van der Waals surface area (Å²) in [5.74, 6) is -25.4. The molecular weight excluding hydrogens is 449 g/mol. The van der Waals surface area contributed by atoms with Crippen LogP contribution >= 0.6 is 0 Å². The van der Waals surface area contributed by atoms with Crippen molar-refractivity contribution in [2.45, 2.75) is 0 Å². The number of benzene rings is 5. The summed E-state index contributed by atoms with van der Waals surface area (Å²) in [7, 11) is 0. The van der Waals surface area contributed by atoms with Gasteiger partial charge in [-0.1, -0.05) is 0 Å². The van der Waals surface area contributed by atoms with Gasteiger partial charge in [0.15, 0.2) is 64.0 Å². The van der Waals surface area contributed by atoms with Crippen molar-refractivity contribution in [3.05, 3.63) is 70.1 Å². The van der Waals surface area contributed by atoms with E-state index in [1.807, 2.05) is 0 Å². The van der Waals surface area contributed by atoms with E-state index >= 15 is 0 Å². The molecule has 5 aromatic carbocycles. The Kier molecular flexibility index (Phi) is 3.70. The minimum atomic E-state index is -2.48. The molecule has 0 aliphatic heterocycles. The number of halogens is 11. The van der Waals surface area contributed by atoms with Gasteiger partial charge in [-0.2, -0.15) is 0 Å². The molecule has 0 saturated heterocycles. The lowest BCUT2D eigenvalue weighted by Gasteiger charge is -2.18. The van der Waals surface area contributed by atoms with Crippen molar-refractivity contribution in [3.8, 4) is 0 Å². The van der Waals surface area contributed by atoms with Crippen LogP contribution in [0.1, 0.15) is 0 Å². The van der Waals surface area contributed by atoms with Crippen molar-refractivity contribution in [2.75, 3.05) is 0 Å². The molecule has 5 rings (SSSR count). The highest BCUT2D eigenvalue weighted by Gasteiger charge is 2.34. The molecule has 0 unspecified atom stereocenters. The van der Waals surface area contributed by atoms with Gasteiger partial charge in [0.05, 0.1) is 10.8 Å². The van der Waals surface area contributed by atoms with E-state index in [2.05, 4.69) is 0 Å². The second-order valence-electron chi connectivity index (χ2n) is 6.58. The molecule has 157 valence electrons. The Balaban J connectivity index is 2.41. The molecule has 0 N–H and O–H groups in total. The molecule has 1 radical (unpaired) electrons. The maximum atomic E-state index is 14.7. The van der Waals surface area contributed by atoms with Gasteiger partial charge in [0, 0.05) is 38.4 Å². The Morgan fingerprint density at radius 2 is 0.645 bits per heavy atom. The first-order valence-electron chi connectivity index (χ1n) is 8.08. The van der Waals surface area contributed by atoms with Gasteiger partial charge in [-0.15, -0.1) is 0 Å². The summed E-state index contributed by atoms with van der Waals surface area (Å²) >= 11 is 0. The quantitative estimate of drug-likeness (QED) is 0.103. The Hall–Kier alpha value is -3.37. The third-order valence-electron chi connectivity index (χ3n) is 5.12. The summed E-state index contributed by atoms with van der Waals surface area (Å²) < 4.78 is 158. The van der Waals surface area contributed by atoms with E-state index in [4.69, 9.17) is 0 Å². The van der Waals surface area contributed by atoms with Crippen LogP contribution in [-0.4, -0.2) is 0 Å². The van der Waals surface area contributed by atoms with Crippen LogP contribution in [-0.2, 0) is 0 Å². The normalized spacial score (nSPS) is 12.4. The highest BCUT2D eigenvalue weighted by molar-refractivity contribution is 6.33. The van der Waals surface area contributed by atoms with Crippen molar-refractivity contribution < 1.29 is 48.3 Å².